The van der Waals surface area contributed by atoms with Crippen LogP contribution in [0.15, 0.2) is 46.9 Å². The number of amides is 1. The van der Waals surface area contributed by atoms with Crippen molar-refractivity contribution in [1.29, 1.82) is 0 Å². The number of aliphatic carboxylic acids is 1. The van der Waals surface area contributed by atoms with Gasteiger partial charge in [-0.05, 0) is 17.7 Å². The number of hydrogen-bond donors (Lipinski definition) is 3. The van der Waals surface area contributed by atoms with Gasteiger partial charge < -0.3 is 20.6 Å². The summed E-state index contributed by atoms with van der Waals surface area (Å²) in [4.78, 5) is 23.2. The summed E-state index contributed by atoms with van der Waals surface area (Å²) in [5, 5.41) is 11.7. The maximum atomic E-state index is 12.0. The van der Waals surface area contributed by atoms with Gasteiger partial charge in [0.15, 0.2) is 5.76 Å². The predicted molar refractivity (Wildman–Crippen MR) is 75.6 cm³/mol. The Hall–Kier alpha value is -2.60. The van der Waals surface area contributed by atoms with Gasteiger partial charge in [-0.25, -0.2) is 4.79 Å². The first-order valence-corrected chi connectivity index (χ1v) is 6.46. The molecule has 0 saturated heterocycles. The summed E-state index contributed by atoms with van der Waals surface area (Å²) in [6.45, 7) is 0.180. The molecule has 1 heterocycles. The van der Waals surface area contributed by atoms with Gasteiger partial charge in [0.25, 0.3) is 5.91 Å². The van der Waals surface area contributed by atoms with Gasteiger partial charge in [0.05, 0.1) is 6.54 Å². The second-order valence-electron chi connectivity index (χ2n) is 4.52. The molecular formula is C15H16N2O4. The van der Waals surface area contributed by atoms with Crippen LogP contribution >= 0.6 is 0 Å². The summed E-state index contributed by atoms with van der Waals surface area (Å²) in [5.74, 6) is -1.15. The third kappa shape index (κ3) is 3.93. The van der Waals surface area contributed by atoms with E-state index in [9.17, 15) is 14.7 Å². The number of furan rings is 1. The van der Waals surface area contributed by atoms with Crippen LogP contribution in [0, 0.1) is 0 Å². The van der Waals surface area contributed by atoms with E-state index in [1.165, 1.54) is 6.07 Å². The van der Waals surface area contributed by atoms with E-state index in [4.69, 9.17) is 10.2 Å². The summed E-state index contributed by atoms with van der Waals surface area (Å²) >= 11 is 0. The fourth-order valence-electron chi connectivity index (χ4n) is 1.89. The maximum Gasteiger partial charge on any atom is 0.326 e. The molecule has 0 spiro atoms. The summed E-state index contributed by atoms with van der Waals surface area (Å²) in [7, 11) is 0. The lowest BCUT2D eigenvalue weighted by atomic mass is 10.1. The van der Waals surface area contributed by atoms with Crippen molar-refractivity contribution in [1.82, 2.24) is 5.32 Å². The lowest BCUT2D eigenvalue weighted by Crippen LogP contribution is -2.42. The summed E-state index contributed by atoms with van der Waals surface area (Å²) in [5.41, 5.74) is 6.22. The molecule has 0 fully saturated rings. The normalized spacial score (nSPS) is 11.9. The fourth-order valence-corrected chi connectivity index (χ4v) is 1.89. The van der Waals surface area contributed by atoms with Crippen molar-refractivity contribution in [2.75, 3.05) is 0 Å². The largest absolute Gasteiger partial charge is 0.480 e. The average Bonchev–Trinajstić information content (AvgIpc) is 2.96. The Morgan fingerprint density at radius 3 is 2.48 bits per heavy atom. The van der Waals surface area contributed by atoms with Crippen LogP contribution in [0.2, 0.25) is 0 Å². The molecular weight excluding hydrogens is 272 g/mol. The lowest BCUT2D eigenvalue weighted by molar-refractivity contribution is -0.139. The third-order valence-electron chi connectivity index (χ3n) is 2.97. The summed E-state index contributed by atoms with van der Waals surface area (Å²) < 4.78 is 5.20. The predicted octanol–water partition coefficient (Wildman–Crippen LogP) is 1.16. The lowest BCUT2D eigenvalue weighted by Gasteiger charge is -2.13. The Bertz CT molecular complexity index is 622. The minimum atomic E-state index is -1.10. The van der Waals surface area contributed by atoms with Crippen LogP contribution < -0.4 is 11.1 Å². The number of carbonyl (C=O) groups excluding carboxylic acids is 1. The fraction of sp³-hybridized carbons (Fsp3) is 0.200. The quantitative estimate of drug-likeness (QED) is 0.739. The Morgan fingerprint density at radius 2 is 1.90 bits per heavy atom. The van der Waals surface area contributed by atoms with Crippen LogP contribution in [-0.4, -0.2) is 23.0 Å². The Kier molecular flexibility index (Phi) is 4.73. The second kappa shape index (κ2) is 6.71. The standard InChI is InChI=1S/C15H16N2O4/c16-9-11-6-7-13(21-11)14(18)17-12(15(19)20)8-10-4-2-1-3-5-10/h1-7,12H,8-9,16H2,(H,17,18)(H,19,20)/t12-/m1/s1. The number of carboxylic acids is 1. The highest BCUT2D eigenvalue weighted by Crippen LogP contribution is 2.09. The number of carbonyl (C=O) groups is 2. The van der Waals surface area contributed by atoms with Crippen molar-refractivity contribution in [3.8, 4) is 0 Å². The van der Waals surface area contributed by atoms with E-state index < -0.39 is 17.9 Å². The molecule has 2 aromatic rings. The Morgan fingerprint density at radius 1 is 1.19 bits per heavy atom. The first kappa shape index (κ1) is 14.8. The van der Waals surface area contributed by atoms with Crippen molar-refractivity contribution >= 4 is 11.9 Å². The topological polar surface area (TPSA) is 106 Å². The van der Waals surface area contributed by atoms with Gasteiger partial charge in [0.2, 0.25) is 0 Å². The highest BCUT2D eigenvalue weighted by molar-refractivity contribution is 5.94. The molecule has 0 bridgehead atoms. The molecule has 21 heavy (non-hydrogen) atoms. The van der Waals surface area contributed by atoms with Crippen LogP contribution in [0.3, 0.4) is 0 Å². The molecule has 6 heteroatoms. The monoisotopic (exact) mass is 288 g/mol. The number of nitrogens with one attached hydrogen (secondary N) is 1. The van der Waals surface area contributed by atoms with Gasteiger partial charge in [-0.3, -0.25) is 4.79 Å². The number of carboxylic acid groups (broad SMARTS) is 1. The molecule has 2 rings (SSSR count). The zero-order valence-electron chi connectivity index (χ0n) is 11.3. The van der Waals surface area contributed by atoms with Gasteiger partial charge in [-0.2, -0.15) is 0 Å². The number of rotatable bonds is 6. The van der Waals surface area contributed by atoms with Crippen LogP contribution in [0.25, 0.3) is 0 Å². The van der Waals surface area contributed by atoms with Crippen LogP contribution in [0.1, 0.15) is 21.9 Å². The molecule has 1 aromatic heterocycles. The van der Waals surface area contributed by atoms with Gasteiger partial charge in [0.1, 0.15) is 11.8 Å². The van der Waals surface area contributed by atoms with Crippen LogP contribution in [-0.2, 0) is 17.8 Å². The highest BCUT2D eigenvalue weighted by Gasteiger charge is 2.22. The maximum absolute atomic E-state index is 12.0. The molecule has 0 unspecified atom stereocenters. The Labute approximate surface area is 121 Å². The highest BCUT2D eigenvalue weighted by atomic mass is 16.4. The van der Waals surface area contributed by atoms with Crippen molar-refractivity contribution in [2.24, 2.45) is 5.73 Å². The molecule has 1 atom stereocenters. The van der Waals surface area contributed by atoms with E-state index in [1.54, 1.807) is 6.07 Å². The summed E-state index contributed by atoms with van der Waals surface area (Å²) in [6, 6.07) is 11.1. The van der Waals surface area contributed by atoms with Gasteiger partial charge >= 0.3 is 5.97 Å². The van der Waals surface area contributed by atoms with E-state index in [0.717, 1.165) is 5.56 Å². The first-order chi connectivity index (χ1) is 10.1. The van der Waals surface area contributed by atoms with E-state index in [1.807, 2.05) is 30.3 Å². The SMILES string of the molecule is NCc1ccc(C(=O)N[C@H](Cc2ccccc2)C(=O)O)o1. The minimum Gasteiger partial charge on any atom is -0.480 e. The van der Waals surface area contributed by atoms with Crippen molar-refractivity contribution in [3.63, 3.8) is 0 Å². The van der Waals surface area contributed by atoms with Crippen molar-refractivity contribution in [3.05, 3.63) is 59.5 Å². The van der Waals surface area contributed by atoms with E-state index in [-0.39, 0.29) is 18.7 Å². The molecule has 0 aliphatic carbocycles. The van der Waals surface area contributed by atoms with E-state index in [0.29, 0.717) is 5.76 Å². The third-order valence-corrected chi connectivity index (χ3v) is 2.97. The molecule has 0 aliphatic rings. The molecule has 1 amide bonds. The molecule has 110 valence electrons. The number of benzene rings is 1. The summed E-state index contributed by atoms with van der Waals surface area (Å²) in [6.07, 6.45) is 0.201. The number of hydrogen-bond acceptors (Lipinski definition) is 4. The number of nitrogens with two attached hydrogens (primary N) is 1. The average molecular weight is 288 g/mol. The molecule has 1 aromatic carbocycles. The van der Waals surface area contributed by atoms with E-state index >= 15 is 0 Å². The molecule has 6 nitrogen and oxygen atoms in total. The molecule has 4 N–H and O–H groups in total. The zero-order valence-corrected chi connectivity index (χ0v) is 11.3. The zero-order chi connectivity index (χ0) is 15.2. The Balaban J connectivity index is 2.05. The smallest absolute Gasteiger partial charge is 0.326 e. The van der Waals surface area contributed by atoms with Crippen molar-refractivity contribution < 1.29 is 19.1 Å². The molecule has 0 saturated carbocycles. The second-order valence-corrected chi connectivity index (χ2v) is 4.52. The minimum absolute atomic E-state index is 0.0507. The first-order valence-electron chi connectivity index (χ1n) is 6.46. The van der Waals surface area contributed by atoms with Crippen molar-refractivity contribution in [2.45, 2.75) is 19.0 Å². The van der Waals surface area contributed by atoms with Gasteiger partial charge in [-0.1, -0.05) is 30.3 Å². The van der Waals surface area contributed by atoms with Gasteiger partial charge in [0, 0.05) is 6.42 Å². The van der Waals surface area contributed by atoms with Crippen LogP contribution in [0.4, 0.5) is 0 Å². The van der Waals surface area contributed by atoms with Crippen LogP contribution in [0.5, 0.6) is 0 Å². The van der Waals surface area contributed by atoms with Gasteiger partial charge in [-0.15, -0.1) is 0 Å². The molecule has 0 aliphatic heterocycles. The molecule has 0 radical (unpaired) electrons. The van der Waals surface area contributed by atoms with E-state index in [2.05, 4.69) is 5.32 Å².